The molecule has 0 heterocycles. The minimum Gasteiger partial charge on any atom is -0.310 e. The Hall–Kier alpha value is -1.24. The predicted octanol–water partition coefficient (Wildman–Crippen LogP) is 4.70. The van der Waals surface area contributed by atoms with Crippen molar-refractivity contribution in [2.45, 2.75) is 38.2 Å². The molecule has 1 aromatic rings. The van der Waals surface area contributed by atoms with Crippen LogP contribution in [-0.4, -0.2) is 12.7 Å². The first-order valence-corrected chi connectivity index (χ1v) is 6.07. The standard InChI is InChI=1S/C13H15F6N/c1-9(20-8-2-7-12(14,15)16)10-3-5-11(6-4-10)13(17,18)19/h3-6,9,20H,2,7-8H2,1H3. The van der Waals surface area contributed by atoms with E-state index in [-0.39, 0.29) is 19.0 Å². The Labute approximate surface area is 113 Å². The summed E-state index contributed by atoms with van der Waals surface area (Å²) in [4.78, 5) is 0. The largest absolute Gasteiger partial charge is 0.416 e. The summed E-state index contributed by atoms with van der Waals surface area (Å²) in [5.41, 5.74) is -0.143. The molecule has 1 nitrogen and oxygen atoms in total. The molecule has 0 saturated heterocycles. The highest BCUT2D eigenvalue weighted by Crippen LogP contribution is 2.29. The molecule has 1 atom stereocenters. The van der Waals surface area contributed by atoms with Crippen molar-refractivity contribution in [2.75, 3.05) is 6.54 Å². The van der Waals surface area contributed by atoms with Gasteiger partial charge in [-0.25, -0.2) is 0 Å². The fourth-order valence-electron chi connectivity index (χ4n) is 1.69. The number of alkyl halides is 6. The summed E-state index contributed by atoms with van der Waals surface area (Å²) >= 11 is 0. The van der Waals surface area contributed by atoms with Gasteiger partial charge in [0, 0.05) is 12.5 Å². The Kier molecular flexibility index (Phi) is 5.44. The molecule has 1 rings (SSSR count). The summed E-state index contributed by atoms with van der Waals surface area (Å²) in [7, 11) is 0. The highest BCUT2D eigenvalue weighted by atomic mass is 19.4. The van der Waals surface area contributed by atoms with E-state index in [0.717, 1.165) is 12.1 Å². The Balaban J connectivity index is 2.46. The van der Waals surface area contributed by atoms with Crippen molar-refractivity contribution in [1.82, 2.24) is 5.32 Å². The first-order valence-electron chi connectivity index (χ1n) is 6.07. The van der Waals surface area contributed by atoms with E-state index in [4.69, 9.17) is 0 Å². The molecule has 114 valence electrons. The molecule has 0 aromatic heterocycles. The molecule has 0 saturated carbocycles. The van der Waals surface area contributed by atoms with E-state index in [0.29, 0.717) is 5.56 Å². The maximum Gasteiger partial charge on any atom is 0.416 e. The summed E-state index contributed by atoms with van der Waals surface area (Å²) in [5.74, 6) is 0. The minimum absolute atomic E-state index is 0.0610. The van der Waals surface area contributed by atoms with Crippen molar-refractivity contribution in [3.05, 3.63) is 35.4 Å². The van der Waals surface area contributed by atoms with Gasteiger partial charge in [0.05, 0.1) is 5.56 Å². The van der Waals surface area contributed by atoms with E-state index in [1.165, 1.54) is 12.1 Å². The van der Waals surface area contributed by atoms with Crippen LogP contribution in [0, 0.1) is 0 Å². The van der Waals surface area contributed by atoms with E-state index in [1.54, 1.807) is 6.92 Å². The topological polar surface area (TPSA) is 12.0 Å². The lowest BCUT2D eigenvalue weighted by Crippen LogP contribution is -2.21. The van der Waals surface area contributed by atoms with Crippen molar-refractivity contribution < 1.29 is 26.3 Å². The summed E-state index contributed by atoms with van der Waals surface area (Å²) in [5, 5.41) is 2.85. The van der Waals surface area contributed by atoms with Crippen molar-refractivity contribution in [3.63, 3.8) is 0 Å². The molecular weight excluding hydrogens is 284 g/mol. The fourth-order valence-corrected chi connectivity index (χ4v) is 1.69. The molecule has 0 bridgehead atoms. The van der Waals surface area contributed by atoms with Crippen LogP contribution in [0.3, 0.4) is 0 Å². The minimum atomic E-state index is -4.39. The number of benzene rings is 1. The van der Waals surface area contributed by atoms with Gasteiger partial charge in [-0.15, -0.1) is 0 Å². The quantitative estimate of drug-likeness (QED) is 0.614. The molecule has 0 spiro atoms. The van der Waals surface area contributed by atoms with Crippen LogP contribution in [0.4, 0.5) is 26.3 Å². The lowest BCUT2D eigenvalue weighted by molar-refractivity contribution is -0.137. The van der Waals surface area contributed by atoms with Crippen molar-refractivity contribution >= 4 is 0 Å². The Bertz CT molecular complexity index is 406. The second-order valence-electron chi connectivity index (χ2n) is 4.51. The summed E-state index contributed by atoms with van der Waals surface area (Å²) in [6, 6.07) is 4.27. The molecule has 7 heteroatoms. The van der Waals surface area contributed by atoms with Crippen molar-refractivity contribution in [2.24, 2.45) is 0 Å². The van der Waals surface area contributed by atoms with Gasteiger partial charge >= 0.3 is 12.4 Å². The third kappa shape index (κ3) is 5.81. The average molecular weight is 299 g/mol. The van der Waals surface area contributed by atoms with Crippen molar-refractivity contribution in [3.8, 4) is 0 Å². The molecule has 0 aliphatic heterocycles. The molecule has 0 fully saturated rings. The van der Waals surface area contributed by atoms with E-state index in [9.17, 15) is 26.3 Å². The second-order valence-corrected chi connectivity index (χ2v) is 4.51. The molecular formula is C13H15F6N. The van der Waals surface area contributed by atoms with Crippen molar-refractivity contribution in [1.29, 1.82) is 0 Å². The van der Waals surface area contributed by atoms with Gasteiger partial charge in [0.2, 0.25) is 0 Å². The van der Waals surface area contributed by atoms with Gasteiger partial charge in [-0.05, 0) is 37.6 Å². The Morgan fingerprint density at radius 1 is 1.00 bits per heavy atom. The number of rotatable bonds is 5. The van der Waals surface area contributed by atoms with Gasteiger partial charge in [-0.2, -0.15) is 26.3 Å². The monoisotopic (exact) mass is 299 g/mol. The zero-order valence-corrected chi connectivity index (χ0v) is 10.8. The maximum absolute atomic E-state index is 12.4. The first-order chi connectivity index (χ1) is 9.09. The van der Waals surface area contributed by atoms with Gasteiger partial charge in [0.1, 0.15) is 0 Å². The van der Waals surface area contributed by atoms with Gasteiger partial charge in [-0.3, -0.25) is 0 Å². The molecule has 1 unspecified atom stereocenters. The van der Waals surface area contributed by atoms with Crippen LogP contribution >= 0.6 is 0 Å². The van der Waals surface area contributed by atoms with Crippen LogP contribution in [0.15, 0.2) is 24.3 Å². The van der Waals surface area contributed by atoms with Crippen LogP contribution in [-0.2, 0) is 6.18 Å². The SMILES string of the molecule is CC(NCCCC(F)(F)F)c1ccc(C(F)(F)F)cc1. The normalized spacial score (nSPS) is 14.3. The number of nitrogens with one attached hydrogen (secondary N) is 1. The molecule has 0 aliphatic rings. The number of hydrogen-bond acceptors (Lipinski definition) is 1. The van der Waals surface area contributed by atoms with E-state index < -0.39 is 24.3 Å². The van der Waals surface area contributed by atoms with Crippen LogP contribution in [0.1, 0.15) is 36.9 Å². The van der Waals surface area contributed by atoms with Crippen LogP contribution in [0.2, 0.25) is 0 Å². The molecule has 0 amide bonds. The van der Waals surface area contributed by atoms with Crippen LogP contribution < -0.4 is 5.32 Å². The Morgan fingerprint density at radius 3 is 2.00 bits per heavy atom. The molecule has 0 aliphatic carbocycles. The highest BCUT2D eigenvalue weighted by molar-refractivity contribution is 5.26. The summed E-state index contributed by atoms with van der Waals surface area (Å²) in [6.45, 7) is 1.85. The predicted molar refractivity (Wildman–Crippen MR) is 63.2 cm³/mol. The zero-order chi connectivity index (χ0) is 15.4. The number of hydrogen-bond donors (Lipinski definition) is 1. The summed E-state index contributed by atoms with van der Waals surface area (Å²) < 4.78 is 72.9. The fraction of sp³-hybridized carbons (Fsp3) is 0.538. The zero-order valence-electron chi connectivity index (χ0n) is 10.8. The molecule has 1 N–H and O–H groups in total. The van der Waals surface area contributed by atoms with Crippen LogP contribution in [0.25, 0.3) is 0 Å². The molecule has 1 aromatic carbocycles. The molecule has 0 radical (unpaired) electrons. The smallest absolute Gasteiger partial charge is 0.310 e. The average Bonchev–Trinajstić information content (AvgIpc) is 2.32. The third-order valence-electron chi connectivity index (χ3n) is 2.83. The van der Waals surface area contributed by atoms with Gasteiger partial charge < -0.3 is 5.32 Å². The lowest BCUT2D eigenvalue weighted by Gasteiger charge is -2.15. The number of halogens is 6. The van der Waals surface area contributed by atoms with Gasteiger partial charge in [-0.1, -0.05) is 12.1 Å². The van der Waals surface area contributed by atoms with Crippen LogP contribution in [0.5, 0.6) is 0 Å². The van der Waals surface area contributed by atoms with E-state index in [2.05, 4.69) is 5.32 Å². The van der Waals surface area contributed by atoms with Gasteiger partial charge in [0.25, 0.3) is 0 Å². The van der Waals surface area contributed by atoms with Gasteiger partial charge in [0.15, 0.2) is 0 Å². The maximum atomic E-state index is 12.4. The lowest BCUT2D eigenvalue weighted by atomic mass is 10.1. The highest BCUT2D eigenvalue weighted by Gasteiger charge is 2.30. The summed E-state index contributed by atoms with van der Waals surface area (Å²) in [6.07, 6.45) is -9.50. The third-order valence-corrected chi connectivity index (χ3v) is 2.83. The Morgan fingerprint density at radius 2 is 1.55 bits per heavy atom. The van der Waals surface area contributed by atoms with E-state index in [1.807, 2.05) is 0 Å². The second kappa shape index (κ2) is 6.47. The molecule has 20 heavy (non-hydrogen) atoms. The van der Waals surface area contributed by atoms with E-state index >= 15 is 0 Å². The first kappa shape index (κ1) is 16.8.